The molecular weight excluding hydrogens is 238 g/mol. The average molecular weight is 262 g/mol. The van der Waals surface area contributed by atoms with Crippen molar-refractivity contribution in [1.29, 1.82) is 0 Å². The lowest BCUT2D eigenvalue weighted by atomic mass is 9.93. The summed E-state index contributed by atoms with van der Waals surface area (Å²) in [7, 11) is 0. The van der Waals surface area contributed by atoms with Crippen LogP contribution in [0.1, 0.15) is 40.0 Å². The summed E-state index contributed by atoms with van der Waals surface area (Å²) >= 11 is 3.70. The Kier molecular flexibility index (Phi) is 5.47. The molecule has 0 aliphatic carbocycles. The summed E-state index contributed by atoms with van der Waals surface area (Å²) < 4.78 is 0. The standard InChI is InChI=1S/C12H24BrN/c1-4-10(2)9-14-7-5-12(6-8-14)11(3)13/h10-12H,4-9H2,1-3H3. The maximum absolute atomic E-state index is 3.70. The first kappa shape index (κ1) is 12.5. The number of likely N-dealkylation sites (tertiary alicyclic amines) is 1. The number of alkyl halides is 1. The van der Waals surface area contributed by atoms with E-state index >= 15 is 0 Å². The van der Waals surface area contributed by atoms with Crippen molar-refractivity contribution in [2.45, 2.75) is 44.9 Å². The smallest absolute Gasteiger partial charge is 0.0146 e. The third-order valence-electron chi connectivity index (χ3n) is 3.55. The third-order valence-corrected chi connectivity index (χ3v) is 4.30. The number of rotatable bonds is 4. The van der Waals surface area contributed by atoms with Crippen LogP contribution in [0.4, 0.5) is 0 Å². The maximum atomic E-state index is 3.70. The van der Waals surface area contributed by atoms with Crippen molar-refractivity contribution in [3.63, 3.8) is 0 Å². The summed E-state index contributed by atoms with van der Waals surface area (Å²) in [5.41, 5.74) is 0. The zero-order chi connectivity index (χ0) is 10.6. The average Bonchev–Trinajstić information content (AvgIpc) is 2.18. The van der Waals surface area contributed by atoms with Gasteiger partial charge in [0.1, 0.15) is 0 Å². The Labute approximate surface area is 97.4 Å². The van der Waals surface area contributed by atoms with Crippen LogP contribution in [0.2, 0.25) is 0 Å². The van der Waals surface area contributed by atoms with Crippen LogP contribution in [0.15, 0.2) is 0 Å². The molecule has 2 unspecified atom stereocenters. The molecule has 0 spiro atoms. The van der Waals surface area contributed by atoms with Crippen LogP contribution in [-0.4, -0.2) is 29.4 Å². The first-order valence-electron chi connectivity index (χ1n) is 6.00. The maximum Gasteiger partial charge on any atom is 0.0146 e. The van der Waals surface area contributed by atoms with Crippen LogP contribution >= 0.6 is 15.9 Å². The van der Waals surface area contributed by atoms with E-state index in [1.54, 1.807) is 0 Å². The fourth-order valence-corrected chi connectivity index (χ4v) is 2.69. The van der Waals surface area contributed by atoms with Crippen LogP contribution in [0, 0.1) is 11.8 Å². The predicted molar refractivity (Wildman–Crippen MR) is 67.0 cm³/mol. The molecule has 0 amide bonds. The minimum absolute atomic E-state index is 0.702. The van der Waals surface area contributed by atoms with Gasteiger partial charge in [-0.05, 0) is 37.8 Å². The molecule has 0 saturated carbocycles. The van der Waals surface area contributed by atoms with Crippen LogP contribution in [0.5, 0.6) is 0 Å². The van der Waals surface area contributed by atoms with Crippen molar-refractivity contribution in [2.24, 2.45) is 11.8 Å². The summed E-state index contributed by atoms with van der Waals surface area (Å²) in [6.07, 6.45) is 4.07. The van der Waals surface area contributed by atoms with Gasteiger partial charge >= 0.3 is 0 Å². The van der Waals surface area contributed by atoms with Gasteiger partial charge in [-0.15, -0.1) is 0 Å². The molecule has 0 N–H and O–H groups in total. The second-order valence-corrected chi connectivity index (χ2v) is 6.27. The number of hydrogen-bond acceptors (Lipinski definition) is 1. The zero-order valence-corrected chi connectivity index (χ0v) is 11.4. The van der Waals surface area contributed by atoms with Crippen LogP contribution < -0.4 is 0 Å². The van der Waals surface area contributed by atoms with E-state index in [1.807, 2.05) is 0 Å². The molecule has 0 aromatic carbocycles. The molecule has 0 aromatic rings. The molecular formula is C12H24BrN. The molecule has 1 aliphatic heterocycles. The Morgan fingerprint density at radius 1 is 1.29 bits per heavy atom. The summed E-state index contributed by atoms with van der Waals surface area (Å²) in [6, 6.07) is 0. The van der Waals surface area contributed by atoms with Crippen LogP contribution in [-0.2, 0) is 0 Å². The van der Waals surface area contributed by atoms with Gasteiger partial charge in [0.2, 0.25) is 0 Å². The van der Waals surface area contributed by atoms with Gasteiger partial charge in [0.05, 0.1) is 0 Å². The van der Waals surface area contributed by atoms with E-state index in [9.17, 15) is 0 Å². The van der Waals surface area contributed by atoms with Gasteiger partial charge in [0.25, 0.3) is 0 Å². The van der Waals surface area contributed by atoms with E-state index in [4.69, 9.17) is 0 Å². The summed E-state index contributed by atoms with van der Waals surface area (Å²) in [5.74, 6) is 1.77. The van der Waals surface area contributed by atoms with Gasteiger partial charge in [0, 0.05) is 11.4 Å². The Morgan fingerprint density at radius 3 is 2.29 bits per heavy atom. The normalized spacial score (nSPS) is 24.9. The SMILES string of the molecule is CCC(C)CN1CCC(C(C)Br)CC1. The summed E-state index contributed by atoms with van der Waals surface area (Å²) in [6.45, 7) is 10.9. The summed E-state index contributed by atoms with van der Waals surface area (Å²) in [4.78, 5) is 3.34. The Morgan fingerprint density at radius 2 is 1.86 bits per heavy atom. The molecule has 1 saturated heterocycles. The molecule has 0 radical (unpaired) electrons. The number of halogens is 1. The first-order valence-corrected chi connectivity index (χ1v) is 6.91. The fraction of sp³-hybridized carbons (Fsp3) is 1.00. The molecule has 1 heterocycles. The molecule has 1 fully saturated rings. The van der Waals surface area contributed by atoms with E-state index in [-0.39, 0.29) is 0 Å². The molecule has 14 heavy (non-hydrogen) atoms. The predicted octanol–water partition coefficient (Wildman–Crippen LogP) is 3.53. The Balaban J connectivity index is 2.22. The molecule has 2 heteroatoms. The molecule has 1 nitrogen and oxygen atoms in total. The van der Waals surface area contributed by atoms with Gasteiger partial charge in [0.15, 0.2) is 0 Å². The van der Waals surface area contributed by atoms with Gasteiger partial charge in [-0.1, -0.05) is 43.1 Å². The zero-order valence-electron chi connectivity index (χ0n) is 9.80. The van der Waals surface area contributed by atoms with Gasteiger partial charge in [-0.3, -0.25) is 0 Å². The molecule has 84 valence electrons. The lowest BCUT2D eigenvalue weighted by Crippen LogP contribution is -2.38. The molecule has 0 bridgehead atoms. The van der Waals surface area contributed by atoms with E-state index in [1.165, 1.54) is 38.9 Å². The van der Waals surface area contributed by atoms with Crippen molar-refractivity contribution in [1.82, 2.24) is 4.90 Å². The molecule has 1 rings (SSSR count). The molecule has 2 atom stereocenters. The minimum atomic E-state index is 0.702. The van der Waals surface area contributed by atoms with E-state index in [0.717, 1.165) is 11.8 Å². The second kappa shape index (κ2) is 6.12. The van der Waals surface area contributed by atoms with Crippen molar-refractivity contribution in [2.75, 3.05) is 19.6 Å². The van der Waals surface area contributed by atoms with Gasteiger partial charge < -0.3 is 4.90 Å². The highest BCUT2D eigenvalue weighted by Gasteiger charge is 2.22. The van der Waals surface area contributed by atoms with E-state index in [0.29, 0.717) is 4.83 Å². The molecule has 0 aromatic heterocycles. The van der Waals surface area contributed by atoms with E-state index < -0.39 is 0 Å². The largest absolute Gasteiger partial charge is 0.303 e. The number of nitrogens with zero attached hydrogens (tertiary/aromatic N) is 1. The number of hydrogen-bond donors (Lipinski definition) is 0. The fourth-order valence-electron chi connectivity index (χ4n) is 2.16. The van der Waals surface area contributed by atoms with Gasteiger partial charge in [-0.2, -0.15) is 0 Å². The minimum Gasteiger partial charge on any atom is -0.303 e. The number of piperidine rings is 1. The highest BCUT2D eigenvalue weighted by Crippen LogP contribution is 2.25. The monoisotopic (exact) mass is 261 g/mol. The first-order chi connectivity index (χ1) is 6.63. The van der Waals surface area contributed by atoms with Crippen molar-refractivity contribution in [3.8, 4) is 0 Å². The highest BCUT2D eigenvalue weighted by molar-refractivity contribution is 9.09. The topological polar surface area (TPSA) is 3.24 Å². The summed E-state index contributed by atoms with van der Waals surface area (Å²) in [5, 5.41) is 0. The van der Waals surface area contributed by atoms with Crippen LogP contribution in [0.25, 0.3) is 0 Å². The van der Waals surface area contributed by atoms with Gasteiger partial charge in [-0.25, -0.2) is 0 Å². The van der Waals surface area contributed by atoms with E-state index in [2.05, 4.69) is 41.6 Å². The highest BCUT2D eigenvalue weighted by atomic mass is 79.9. The lowest BCUT2D eigenvalue weighted by molar-refractivity contribution is 0.164. The Hall–Kier alpha value is 0.440. The van der Waals surface area contributed by atoms with Crippen molar-refractivity contribution < 1.29 is 0 Å². The second-order valence-electron chi connectivity index (χ2n) is 4.83. The lowest BCUT2D eigenvalue weighted by Gasteiger charge is -2.34. The Bertz CT molecular complexity index is 150. The van der Waals surface area contributed by atoms with Crippen molar-refractivity contribution in [3.05, 3.63) is 0 Å². The molecule has 1 aliphatic rings. The van der Waals surface area contributed by atoms with Crippen molar-refractivity contribution >= 4 is 15.9 Å². The quantitative estimate of drug-likeness (QED) is 0.700. The van der Waals surface area contributed by atoms with Crippen LogP contribution in [0.3, 0.4) is 0 Å². The third kappa shape index (κ3) is 3.90.